The molecule has 264 valence electrons. The van der Waals surface area contributed by atoms with Crippen molar-refractivity contribution in [3.63, 3.8) is 0 Å². The fraction of sp³-hybridized carbons (Fsp3) is 0.667. The van der Waals surface area contributed by atoms with Crippen molar-refractivity contribution in [2.24, 2.45) is 0 Å². The maximum absolute atomic E-state index is 12.8. The van der Waals surface area contributed by atoms with Crippen molar-refractivity contribution in [3.05, 3.63) is 60.2 Å². The van der Waals surface area contributed by atoms with E-state index in [0.29, 0.717) is 39.6 Å². The summed E-state index contributed by atoms with van der Waals surface area (Å²) in [6.07, 6.45) is 12.3. The molecule has 1 saturated carbocycles. The second-order valence-electron chi connectivity index (χ2n) is 13.2. The van der Waals surface area contributed by atoms with Gasteiger partial charge >= 0.3 is 0 Å². The molecule has 0 radical (unpaired) electrons. The number of pyridine rings is 2. The van der Waals surface area contributed by atoms with Gasteiger partial charge in [0.2, 0.25) is 0 Å². The Balaban J connectivity index is 0.898. The molecule has 0 N–H and O–H groups in total. The first kappa shape index (κ1) is 36.3. The first-order valence-corrected chi connectivity index (χ1v) is 17.8. The van der Waals surface area contributed by atoms with Crippen LogP contribution in [0.1, 0.15) is 46.4 Å². The van der Waals surface area contributed by atoms with Gasteiger partial charge in [-0.15, -0.1) is 0 Å². The Bertz CT molecular complexity index is 1150. The number of hydrogen-bond acceptors (Lipinski definition) is 8. The summed E-state index contributed by atoms with van der Waals surface area (Å²) < 4.78 is 28.2. The second kappa shape index (κ2) is 19.3. The summed E-state index contributed by atoms with van der Waals surface area (Å²) in [6, 6.07) is 7.59. The summed E-state index contributed by atoms with van der Waals surface area (Å²) in [7, 11) is 4.18. The second-order valence-corrected chi connectivity index (χ2v) is 13.2. The van der Waals surface area contributed by atoms with Crippen molar-refractivity contribution in [2.75, 3.05) is 106 Å². The van der Waals surface area contributed by atoms with Gasteiger partial charge in [0.25, 0.3) is 11.8 Å². The number of carbonyl (C=O) groups is 2. The minimum absolute atomic E-state index is 0.0877. The SMILES string of the molecule is CN1CCN(C(=O)c2cc[n+](CCOCCOC3CCCCC3OCCOCC[n+]3ccc(C(=O)N4CCN(C)CC4)cc3)cc2)CC1. The molecule has 2 unspecified atom stereocenters. The van der Waals surface area contributed by atoms with Crippen molar-refractivity contribution >= 4 is 11.8 Å². The lowest BCUT2D eigenvalue weighted by Crippen LogP contribution is -2.47. The number of aromatic nitrogens is 2. The van der Waals surface area contributed by atoms with Gasteiger partial charge in [-0.25, -0.2) is 9.13 Å². The van der Waals surface area contributed by atoms with Gasteiger partial charge in [0, 0.05) is 76.6 Å². The Labute approximate surface area is 286 Å². The van der Waals surface area contributed by atoms with Crippen LogP contribution in [0.2, 0.25) is 0 Å². The summed E-state index contributed by atoms with van der Waals surface area (Å²) in [5.74, 6) is 0.212. The van der Waals surface area contributed by atoms with E-state index in [2.05, 4.69) is 23.9 Å². The van der Waals surface area contributed by atoms with Crippen LogP contribution in [0, 0.1) is 0 Å². The quantitative estimate of drug-likeness (QED) is 0.194. The summed E-state index contributed by atoms with van der Waals surface area (Å²) in [5.41, 5.74) is 1.47. The van der Waals surface area contributed by atoms with E-state index in [4.69, 9.17) is 18.9 Å². The molecule has 3 aliphatic rings. The van der Waals surface area contributed by atoms with Crippen molar-refractivity contribution in [3.8, 4) is 0 Å². The van der Waals surface area contributed by atoms with E-state index < -0.39 is 0 Å². The molecule has 0 aromatic carbocycles. The third-order valence-electron chi connectivity index (χ3n) is 9.61. The monoisotopic (exact) mass is 668 g/mol. The molecule has 2 amide bonds. The molecule has 0 spiro atoms. The lowest BCUT2D eigenvalue weighted by molar-refractivity contribution is -0.698. The van der Waals surface area contributed by atoms with Gasteiger partial charge in [0.1, 0.15) is 13.2 Å². The minimum atomic E-state index is 0.0877. The van der Waals surface area contributed by atoms with Crippen LogP contribution in [-0.2, 0) is 32.0 Å². The molecule has 2 aromatic rings. The standard InChI is InChI=1S/C36H56N6O6/c1-37-15-19-41(20-16-37)35(43)31-7-11-39(12-8-31)23-25-45-27-29-47-33-5-3-4-6-34(33)48-30-28-46-26-24-40-13-9-32(10-14-40)36(44)42-21-17-38(2)18-22-42/h7-14,33-34H,3-6,15-30H2,1-2H3/q+2. The Morgan fingerprint density at radius 3 is 1.33 bits per heavy atom. The smallest absolute Gasteiger partial charge is 0.254 e. The fourth-order valence-electron chi connectivity index (χ4n) is 6.39. The molecule has 2 aromatic heterocycles. The first-order valence-electron chi connectivity index (χ1n) is 17.8. The van der Waals surface area contributed by atoms with Crippen LogP contribution in [0.25, 0.3) is 0 Å². The van der Waals surface area contributed by atoms with E-state index in [-0.39, 0.29) is 24.0 Å². The lowest BCUT2D eigenvalue weighted by atomic mass is 9.94. The molecular weight excluding hydrogens is 612 g/mol. The fourth-order valence-corrected chi connectivity index (χ4v) is 6.39. The first-order chi connectivity index (χ1) is 23.5. The van der Waals surface area contributed by atoms with E-state index in [0.717, 1.165) is 102 Å². The third-order valence-corrected chi connectivity index (χ3v) is 9.61. The highest BCUT2D eigenvalue weighted by Crippen LogP contribution is 2.24. The van der Waals surface area contributed by atoms with Gasteiger partial charge in [-0.05, 0) is 26.9 Å². The summed E-state index contributed by atoms with van der Waals surface area (Å²) in [6.45, 7) is 11.6. The van der Waals surface area contributed by atoms with Crippen LogP contribution < -0.4 is 9.13 Å². The average Bonchev–Trinajstić information content (AvgIpc) is 3.12. The van der Waals surface area contributed by atoms with Crippen LogP contribution >= 0.6 is 0 Å². The van der Waals surface area contributed by atoms with Gasteiger partial charge in [-0.1, -0.05) is 12.8 Å². The van der Waals surface area contributed by atoms with Crippen molar-refractivity contribution < 1.29 is 37.7 Å². The molecule has 5 rings (SSSR count). The topological polar surface area (TPSA) is 91.8 Å². The Hall–Kier alpha value is -3.00. The van der Waals surface area contributed by atoms with Gasteiger partial charge in [0.05, 0.1) is 49.8 Å². The van der Waals surface area contributed by atoms with Gasteiger partial charge < -0.3 is 38.5 Å². The highest BCUT2D eigenvalue weighted by Gasteiger charge is 2.27. The normalized spacial score (nSPS) is 21.0. The Morgan fingerprint density at radius 2 is 0.958 bits per heavy atom. The molecule has 12 nitrogen and oxygen atoms in total. The predicted molar refractivity (Wildman–Crippen MR) is 180 cm³/mol. The molecule has 12 heteroatoms. The number of rotatable bonds is 16. The number of ether oxygens (including phenoxy) is 4. The number of hydrogen-bond donors (Lipinski definition) is 0. The maximum atomic E-state index is 12.8. The van der Waals surface area contributed by atoms with Crippen molar-refractivity contribution in [2.45, 2.75) is 51.0 Å². The number of likely N-dealkylation sites (N-methyl/N-ethyl adjacent to an activating group) is 2. The molecule has 3 fully saturated rings. The number of carbonyl (C=O) groups excluding carboxylic acids is 2. The van der Waals surface area contributed by atoms with Crippen molar-refractivity contribution in [1.29, 1.82) is 0 Å². The summed E-state index contributed by atoms with van der Waals surface area (Å²) in [5, 5.41) is 0. The van der Waals surface area contributed by atoms with E-state index in [9.17, 15) is 9.59 Å². The van der Waals surface area contributed by atoms with Crippen LogP contribution in [0.3, 0.4) is 0 Å². The highest BCUT2D eigenvalue weighted by molar-refractivity contribution is 5.94. The Morgan fingerprint density at radius 1 is 0.583 bits per heavy atom. The number of nitrogens with zero attached hydrogens (tertiary/aromatic N) is 6. The van der Waals surface area contributed by atoms with Crippen LogP contribution in [0.15, 0.2) is 49.1 Å². The van der Waals surface area contributed by atoms with E-state index >= 15 is 0 Å². The average molecular weight is 669 g/mol. The predicted octanol–water partition coefficient (Wildman–Crippen LogP) is 1.11. The van der Waals surface area contributed by atoms with Crippen LogP contribution in [-0.4, -0.2) is 150 Å². The third kappa shape index (κ3) is 11.3. The van der Waals surface area contributed by atoms with E-state index in [1.54, 1.807) is 0 Å². The number of piperazine rings is 2. The Kier molecular flexibility index (Phi) is 14.6. The molecule has 0 bridgehead atoms. The zero-order chi connectivity index (χ0) is 33.6. The van der Waals surface area contributed by atoms with Gasteiger partial charge in [-0.3, -0.25) is 9.59 Å². The zero-order valence-electron chi connectivity index (χ0n) is 29.0. The molecule has 2 saturated heterocycles. The van der Waals surface area contributed by atoms with Crippen molar-refractivity contribution in [1.82, 2.24) is 19.6 Å². The minimum Gasteiger partial charge on any atom is -0.373 e. The molecular formula is C36H56N6O6+2. The van der Waals surface area contributed by atoms with E-state index in [1.165, 1.54) is 0 Å². The van der Waals surface area contributed by atoms with Crippen LogP contribution in [0.4, 0.5) is 0 Å². The molecule has 4 heterocycles. The molecule has 2 atom stereocenters. The van der Waals surface area contributed by atoms with Gasteiger partial charge in [-0.2, -0.15) is 0 Å². The zero-order valence-corrected chi connectivity index (χ0v) is 29.0. The number of amides is 2. The summed E-state index contributed by atoms with van der Waals surface area (Å²) >= 11 is 0. The largest absolute Gasteiger partial charge is 0.373 e. The summed E-state index contributed by atoms with van der Waals surface area (Å²) in [4.78, 5) is 33.9. The molecule has 1 aliphatic carbocycles. The van der Waals surface area contributed by atoms with Gasteiger partial charge in [0.15, 0.2) is 37.9 Å². The highest BCUT2D eigenvalue weighted by atomic mass is 16.6. The lowest BCUT2D eigenvalue weighted by Gasteiger charge is -2.32. The molecule has 2 aliphatic heterocycles. The molecule has 48 heavy (non-hydrogen) atoms. The maximum Gasteiger partial charge on any atom is 0.254 e. The van der Waals surface area contributed by atoms with E-state index in [1.807, 2.05) is 68.0 Å². The van der Waals surface area contributed by atoms with Crippen LogP contribution in [0.5, 0.6) is 0 Å².